The van der Waals surface area contributed by atoms with E-state index in [0.717, 1.165) is 29.7 Å². The molecule has 108 valence electrons. The topological polar surface area (TPSA) is 17.8 Å². The Bertz CT molecular complexity index is 647. The Labute approximate surface area is 136 Å². The summed E-state index contributed by atoms with van der Waals surface area (Å²) in [4.78, 5) is 4.61. The highest BCUT2D eigenvalue weighted by Crippen LogP contribution is 2.38. The Balaban J connectivity index is 2.24. The Hall–Kier alpha value is -0.360. The van der Waals surface area contributed by atoms with Gasteiger partial charge < -0.3 is 4.57 Å². The van der Waals surface area contributed by atoms with Gasteiger partial charge in [0.1, 0.15) is 11.6 Å². The molecule has 1 heterocycles. The van der Waals surface area contributed by atoms with Gasteiger partial charge in [-0.15, -0.1) is 11.6 Å². The molecule has 1 fully saturated rings. The third kappa shape index (κ3) is 2.34. The van der Waals surface area contributed by atoms with Gasteiger partial charge in [0.15, 0.2) is 0 Å². The molecule has 1 aromatic carbocycles. The second-order valence-corrected chi connectivity index (χ2v) is 7.24. The predicted octanol–water partition coefficient (Wildman–Crippen LogP) is 5.20. The summed E-state index contributed by atoms with van der Waals surface area (Å²) in [6.07, 6.45) is 5.92. The summed E-state index contributed by atoms with van der Waals surface area (Å²) in [5, 5.41) is 0. The molecule has 0 N–H and O–H groups in total. The zero-order valence-electron chi connectivity index (χ0n) is 11.4. The summed E-state index contributed by atoms with van der Waals surface area (Å²) >= 11 is 8.09. The fraction of sp³-hybridized carbons (Fsp3) is 0.533. The number of halogens is 3. The van der Waals surface area contributed by atoms with E-state index in [1.807, 2.05) is 28.7 Å². The van der Waals surface area contributed by atoms with Crippen LogP contribution >= 0.6 is 34.2 Å². The SMILES string of the molecule is CC1(n2c(CCl)nc3cc(I)c(F)cc32)CCCCC1. The van der Waals surface area contributed by atoms with Crippen molar-refractivity contribution in [3.8, 4) is 0 Å². The van der Waals surface area contributed by atoms with Crippen molar-refractivity contribution in [2.45, 2.75) is 50.4 Å². The lowest BCUT2D eigenvalue weighted by molar-refractivity contribution is 0.220. The largest absolute Gasteiger partial charge is 0.321 e. The molecule has 0 spiro atoms. The van der Waals surface area contributed by atoms with Gasteiger partial charge >= 0.3 is 0 Å². The van der Waals surface area contributed by atoms with E-state index in [4.69, 9.17) is 11.6 Å². The number of hydrogen-bond donors (Lipinski definition) is 0. The van der Waals surface area contributed by atoms with Crippen LogP contribution in [-0.4, -0.2) is 9.55 Å². The number of fused-ring (bicyclic) bond motifs is 1. The maximum Gasteiger partial charge on any atom is 0.138 e. The number of imidazole rings is 1. The number of aromatic nitrogens is 2. The van der Waals surface area contributed by atoms with Crippen LogP contribution in [0.3, 0.4) is 0 Å². The van der Waals surface area contributed by atoms with Crippen LogP contribution in [0.2, 0.25) is 0 Å². The van der Waals surface area contributed by atoms with Crippen LogP contribution in [-0.2, 0) is 11.4 Å². The Kier molecular flexibility index (Phi) is 3.97. The minimum atomic E-state index is -0.181. The van der Waals surface area contributed by atoms with E-state index in [1.54, 1.807) is 6.07 Å². The molecule has 0 saturated heterocycles. The Morgan fingerprint density at radius 1 is 1.35 bits per heavy atom. The molecule has 2 aromatic rings. The molecule has 20 heavy (non-hydrogen) atoms. The van der Waals surface area contributed by atoms with Gasteiger partial charge in [-0.25, -0.2) is 9.37 Å². The standard InChI is InChI=1S/C15H17ClFIN2/c1-15(5-3-2-4-6-15)20-13-7-10(17)11(18)8-12(13)19-14(20)9-16/h7-8H,2-6,9H2,1H3. The van der Waals surface area contributed by atoms with Crippen molar-refractivity contribution in [2.24, 2.45) is 0 Å². The van der Waals surface area contributed by atoms with Gasteiger partial charge in [-0.05, 0) is 48.4 Å². The van der Waals surface area contributed by atoms with E-state index in [2.05, 4.69) is 16.5 Å². The number of benzene rings is 1. The van der Waals surface area contributed by atoms with Crippen LogP contribution < -0.4 is 0 Å². The first-order chi connectivity index (χ1) is 9.55. The lowest BCUT2D eigenvalue weighted by Crippen LogP contribution is -2.33. The predicted molar refractivity (Wildman–Crippen MR) is 88.7 cm³/mol. The molecular weight excluding hydrogens is 390 g/mol. The zero-order valence-corrected chi connectivity index (χ0v) is 14.3. The second-order valence-electron chi connectivity index (χ2n) is 5.81. The highest BCUT2D eigenvalue weighted by molar-refractivity contribution is 14.1. The first-order valence-corrected chi connectivity index (χ1v) is 8.59. The maximum atomic E-state index is 14.0. The van der Waals surface area contributed by atoms with Crippen LogP contribution in [0.4, 0.5) is 4.39 Å². The quantitative estimate of drug-likeness (QED) is 0.495. The zero-order chi connectivity index (χ0) is 14.3. The van der Waals surface area contributed by atoms with Crippen molar-refractivity contribution < 1.29 is 4.39 Å². The van der Waals surface area contributed by atoms with Crippen LogP contribution in [0.5, 0.6) is 0 Å². The molecular formula is C15H17ClFIN2. The van der Waals surface area contributed by atoms with Gasteiger partial charge in [0.25, 0.3) is 0 Å². The third-order valence-corrected chi connectivity index (χ3v) is 5.42. The molecule has 0 radical (unpaired) electrons. The van der Waals surface area contributed by atoms with Crippen molar-refractivity contribution >= 4 is 45.2 Å². The number of rotatable bonds is 2. The highest BCUT2D eigenvalue weighted by atomic mass is 127. The van der Waals surface area contributed by atoms with Gasteiger partial charge in [-0.3, -0.25) is 0 Å². The minimum Gasteiger partial charge on any atom is -0.321 e. The summed E-state index contributed by atoms with van der Waals surface area (Å²) in [5.41, 5.74) is 1.73. The van der Waals surface area contributed by atoms with Crippen molar-refractivity contribution in [3.05, 3.63) is 27.3 Å². The second kappa shape index (κ2) is 5.44. The smallest absolute Gasteiger partial charge is 0.138 e. The molecule has 0 unspecified atom stereocenters. The van der Waals surface area contributed by atoms with Crippen LogP contribution in [0, 0.1) is 9.39 Å². The third-order valence-electron chi connectivity index (χ3n) is 4.36. The summed E-state index contributed by atoms with van der Waals surface area (Å²) in [5.74, 6) is 1.04. The molecule has 2 nitrogen and oxygen atoms in total. The number of alkyl halides is 1. The van der Waals surface area contributed by atoms with Gasteiger partial charge in [0.2, 0.25) is 0 Å². The molecule has 0 amide bonds. The van der Waals surface area contributed by atoms with Gasteiger partial charge in [-0.1, -0.05) is 19.3 Å². The van der Waals surface area contributed by atoms with Crippen LogP contribution in [0.25, 0.3) is 11.0 Å². The summed E-state index contributed by atoms with van der Waals surface area (Å²) in [6, 6.07) is 3.42. The monoisotopic (exact) mass is 406 g/mol. The average molecular weight is 407 g/mol. The Morgan fingerprint density at radius 3 is 2.70 bits per heavy atom. The molecule has 1 saturated carbocycles. The van der Waals surface area contributed by atoms with E-state index in [9.17, 15) is 4.39 Å². The lowest BCUT2D eigenvalue weighted by atomic mass is 9.83. The molecule has 1 aliphatic carbocycles. The fourth-order valence-corrected chi connectivity index (χ4v) is 3.98. The fourth-order valence-electron chi connectivity index (χ4n) is 3.35. The molecule has 0 bridgehead atoms. The van der Waals surface area contributed by atoms with Crippen molar-refractivity contribution in [2.75, 3.05) is 0 Å². The first-order valence-electron chi connectivity index (χ1n) is 6.98. The normalized spacial score (nSPS) is 18.6. The summed E-state index contributed by atoms with van der Waals surface area (Å²) in [7, 11) is 0. The maximum absolute atomic E-state index is 14.0. The van der Waals surface area contributed by atoms with E-state index in [0.29, 0.717) is 9.45 Å². The van der Waals surface area contributed by atoms with Crippen molar-refractivity contribution in [3.63, 3.8) is 0 Å². The van der Waals surface area contributed by atoms with E-state index < -0.39 is 0 Å². The Morgan fingerprint density at radius 2 is 2.05 bits per heavy atom. The highest BCUT2D eigenvalue weighted by Gasteiger charge is 2.32. The van der Waals surface area contributed by atoms with E-state index >= 15 is 0 Å². The van der Waals surface area contributed by atoms with E-state index in [1.165, 1.54) is 19.3 Å². The molecule has 0 aliphatic heterocycles. The van der Waals surface area contributed by atoms with Crippen molar-refractivity contribution in [1.29, 1.82) is 0 Å². The first kappa shape index (κ1) is 14.6. The minimum absolute atomic E-state index is 0.0104. The molecule has 1 aromatic heterocycles. The molecule has 1 aliphatic rings. The van der Waals surface area contributed by atoms with Crippen molar-refractivity contribution in [1.82, 2.24) is 9.55 Å². The number of hydrogen-bond acceptors (Lipinski definition) is 1. The van der Waals surface area contributed by atoms with Crippen LogP contribution in [0.15, 0.2) is 12.1 Å². The average Bonchev–Trinajstić information content (AvgIpc) is 2.78. The lowest BCUT2D eigenvalue weighted by Gasteiger charge is -2.36. The summed E-state index contributed by atoms with van der Waals surface area (Å²) < 4.78 is 16.7. The molecule has 3 rings (SSSR count). The van der Waals surface area contributed by atoms with Crippen LogP contribution in [0.1, 0.15) is 44.9 Å². The number of nitrogens with zero attached hydrogens (tertiary/aromatic N) is 2. The van der Waals surface area contributed by atoms with Gasteiger partial charge in [0.05, 0.1) is 20.5 Å². The molecule has 5 heteroatoms. The molecule has 0 atom stereocenters. The van der Waals surface area contributed by atoms with Gasteiger partial charge in [-0.2, -0.15) is 0 Å². The summed E-state index contributed by atoms with van der Waals surface area (Å²) in [6.45, 7) is 2.25. The van der Waals surface area contributed by atoms with Gasteiger partial charge in [0, 0.05) is 11.6 Å². The van der Waals surface area contributed by atoms with E-state index in [-0.39, 0.29) is 11.4 Å².